The fourth-order valence-corrected chi connectivity index (χ4v) is 4.21. The molecule has 0 unspecified atom stereocenters. The zero-order valence-electron chi connectivity index (χ0n) is 13.0. The Bertz CT molecular complexity index is 1050. The van der Waals surface area contributed by atoms with Crippen LogP contribution >= 0.6 is 34.8 Å². The molecule has 1 aromatic heterocycles. The molecule has 2 aromatic carbocycles. The van der Waals surface area contributed by atoms with Crippen molar-refractivity contribution in [1.29, 1.82) is 0 Å². The highest BCUT2D eigenvalue weighted by Gasteiger charge is 2.20. The molecule has 0 aliphatic heterocycles. The molecule has 0 saturated heterocycles. The van der Waals surface area contributed by atoms with Crippen molar-refractivity contribution in [2.45, 2.75) is 11.4 Å². The molecule has 0 aliphatic carbocycles. The van der Waals surface area contributed by atoms with Crippen LogP contribution in [0.15, 0.2) is 53.6 Å². The minimum atomic E-state index is -3.98. The van der Waals surface area contributed by atoms with Crippen molar-refractivity contribution < 1.29 is 12.8 Å². The standard InChI is InChI=1S/C16H11Cl3FN3O2S/c17-10-4-5-13(19)15(8-10)26(24,25)22-16-6-7-23(21-16)9-11-12(18)2-1-3-14(11)20/h1-8H,9H2,(H,21,22). The van der Waals surface area contributed by atoms with Crippen molar-refractivity contribution in [2.24, 2.45) is 0 Å². The number of aromatic nitrogens is 2. The van der Waals surface area contributed by atoms with Crippen molar-refractivity contribution in [3.05, 3.63) is 75.1 Å². The molecule has 0 spiro atoms. The van der Waals surface area contributed by atoms with Crippen molar-refractivity contribution in [1.82, 2.24) is 9.78 Å². The molecule has 0 bridgehead atoms. The minimum absolute atomic E-state index is 0.0273. The Morgan fingerprint density at radius 2 is 1.85 bits per heavy atom. The average molecular weight is 435 g/mol. The summed E-state index contributed by atoms with van der Waals surface area (Å²) in [6.45, 7) is 0.0468. The molecule has 1 N–H and O–H groups in total. The summed E-state index contributed by atoms with van der Waals surface area (Å²) >= 11 is 17.8. The van der Waals surface area contributed by atoms with Crippen LogP contribution in [-0.2, 0) is 16.6 Å². The number of hydrogen-bond acceptors (Lipinski definition) is 3. The number of hydrogen-bond donors (Lipinski definition) is 1. The highest BCUT2D eigenvalue weighted by molar-refractivity contribution is 7.92. The largest absolute Gasteiger partial charge is 0.266 e. The minimum Gasteiger partial charge on any atom is -0.266 e. The van der Waals surface area contributed by atoms with Gasteiger partial charge in [-0.25, -0.2) is 12.8 Å². The predicted molar refractivity (Wildman–Crippen MR) is 100 cm³/mol. The van der Waals surface area contributed by atoms with Gasteiger partial charge < -0.3 is 0 Å². The summed E-state index contributed by atoms with van der Waals surface area (Å²) in [7, 11) is -3.98. The Morgan fingerprint density at radius 3 is 2.58 bits per heavy atom. The number of nitrogens with one attached hydrogen (secondary N) is 1. The summed E-state index contributed by atoms with van der Waals surface area (Å²) in [6, 6.07) is 9.89. The molecule has 1 heterocycles. The summed E-state index contributed by atoms with van der Waals surface area (Å²) < 4.78 is 42.5. The monoisotopic (exact) mass is 433 g/mol. The van der Waals surface area contributed by atoms with Crippen LogP contribution in [-0.4, -0.2) is 18.2 Å². The van der Waals surface area contributed by atoms with Gasteiger partial charge in [0.05, 0.1) is 11.6 Å². The van der Waals surface area contributed by atoms with Crippen molar-refractivity contribution in [2.75, 3.05) is 4.72 Å². The second-order valence-corrected chi connectivity index (χ2v) is 8.18. The van der Waals surface area contributed by atoms with Gasteiger partial charge in [-0.1, -0.05) is 40.9 Å². The quantitative estimate of drug-likeness (QED) is 0.625. The first-order chi connectivity index (χ1) is 12.3. The Hall–Kier alpha value is -1.80. The molecule has 3 aromatic rings. The lowest BCUT2D eigenvalue weighted by atomic mass is 10.2. The van der Waals surface area contributed by atoms with Gasteiger partial charge >= 0.3 is 0 Å². The molecule has 0 atom stereocenters. The second-order valence-electron chi connectivity index (χ2n) is 5.28. The van der Waals surface area contributed by atoms with Gasteiger partial charge in [0, 0.05) is 27.9 Å². The highest BCUT2D eigenvalue weighted by Crippen LogP contribution is 2.26. The number of rotatable bonds is 5. The maximum Gasteiger partial charge on any atom is 0.264 e. The first-order valence-electron chi connectivity index (χ1n) is 7.20. The topological polar surface area (TPSA) is 64.0 Å². The van der Waals surface area contributed by atoms with E-state index < -0.39 is 15.8 Å². The Balaban J connectivity index is 1.83. The SMILES string of the molecule is O=S(=O)(Nc1ccn(Cc2c(F)cccc2Cl)n1)c1cc(Cl)ccc1Cl. The molecule has 26 heavy (non-hydrogen) atoms. The van der Waals surface area contributed by atoms with Crippen molar-refractivity contribution in [3.8, 4) is 0 Å². The van der Waals surface area contributed by atoms with Crippen LogP contribution in [0.4, 0.5) is 10.2 Å². The Morgan fingerprint density at radius 1 is 1.08 bits per heavy atom. The van der Waals surface area contributed by atoms with Crippen LogP contribution in [0.25, 0.3) is 0 Å². The molecule has 0 saturated carbocycles. The van der Waals surface area contributed by atoms with Crippen molar-refractivity contribution in [3.63, 3.8) is 0 Å². The van der Waals surface area contributed by atoms with Gasteiger partial charge in [0.1, 0.15) is 10.7 Å². The molecule has 0 radical (unpaired) electrons. The van der Waals surface area contributed by atoms with Crippen molar-refractivity contribution >= 4 is 50.6 Å². The molecular weight excluding hydrogens is 424 g/mol. The Labute approximate surface area is 164 Å². The number of halogens is 4. The number of benzene rings is 2. The van der Waals surface area contributed by atoms with Gasteiger partial charge in [0.25, 0.3) is 10.0 Å². The van der Waals surface area contributed by atoms with Gasteiger partial charge in [0.15, 0.2) is 5.82 Å². The van der Waals surface area contributed by atoms with Crippen LogP contribution in [0.2, 0.25) is 15.1 Å². The maximum atomic E-state index is 13.9. The molecule has 3 rings (SSSR count). The van der Waals surface area contributed by atoms with Gasteiger partial charge in [-0.2, -0.15) is 5.10 Å². The summed E-state index contributed by atoms with van der Waals surface area (Å²) in [4.78, 5) is -0.168. The van der Waals surface area contributed by atoms with Gasteiger partial charge in [0.2, 0.25) is 0 Å². The number of sulfonamides is 1. The van der Waals surface area contributed by atoms with Gasteiger partial charge in [-0.05, 0) is 30.3 Å². The molecule has 5 nitrogen and oxygen atoms in total. The molecule has 136 valence electrons. The van der Waals surface area contributed by atoms with E-state index in [2.05, 4.69) is 9.82 Å². The average Bonchev–Trinajstić information content (AvgIpc) is 2.99. The van der Waals surface area contributed by atoms with Crippen LogP contribution in [0.5, 0.6) is 0 Å². The van der Waals surface area contributed by atoms with Gasteiger partial charge in [-0.3, -0.25) is 9.40 Å². The van der Waals surface area contributed by atoms with Crippen LogP contribution in [0.3, 0.4) is 0 Å². The van der Waals surface area contributed by atoms with E-state index in [0.29, 0.717) is 0 Å². The van der Waals surface area contributed by atoms with E-state index in [-0.39, 0.29) is 37.9 Å². The zero-order chi connectivity index (χ0) is 18.9. The van der Waals surface area contributed by atoms with Crippen LogP contribution in [0.1, 0.15) is 5.56 Å². The van der Waals surface area contributed by atoms with E-state index in [9.17, 15) is 12.8 Å². The lowest BCUT2D eigenvalue weighted by Crippen LogP contribution is -2.14. The summed E-state index contributed by atoms with van der Waals surface area (Å²) in [5, 5.41) is 4.59. The highest BCUT2D eigenvalue weighted by atomic mass is 35.5. The smallest absolute Gasteiger partial charge is 0.264 e. The maximum absolute atomic E-state index is 13.9. The normalized spacial score (nSPS) is 11.5. The summed E-state index contributed by atoms with van der Waals surface area (Å²) in [5.74, 6) is -0.422. The third-order valence-electron chi connectivity index (χ3n) is 3.44. The lowest BCUT2D eigenvalue weighted by molar-refractivity contribution is 0.585. The Kier molecular flexibility index (Phi) is 5.43. The van der Waals surface area contributed by atoms with E-state index in [1.54, 1.807) is 6.07 Å². The fraction of sp³-hybridized carbons (Fsp3) is 0.0625. The molecule has 10 heteroatoms. The molecule has 0 aliphatic rings. The van der Waals surface area contributed by atoms with Gasteiger partial charge in [-0.15, -0.1) is 0 Å². The zero-order valence-corrected chi connectivity index (χ0v) is 16.0. The van der Waals surface area contributed by atoms with Crippen LogP contribution in [0, 0.1) is 5.82 Å². The van der Waals surface area contributed by atoms with E-state index >= 15 is 0 Å². The van der Waals surface area contributed by atoms with E-state index in [1.807, 2.05) is 0 Å². The van der Waals surface area contributed by atoms with Crippen LogP contribution < -0.4 is 4.72 Å². The molecule has 0 fully saturated rings. The number of nitrogens with zero attached hydrogens (tertiary/aromatic N) is 2. The first kappa shape index (κ1) is 19.0. The van der Waals surface area contributed by atoms with E-state index in [0.717, 1.165) is 0 Å². The fourth-order valence-electron chi connectivity index (χ4n) is 2.23. The summed E-state index contributed by atoms with van der Waals surface area (Å²) in [6.07, 6.45) is 1.50. The number of anilines is 1. The third kappa shape index (κ3) is 4.12. The van der Waals surface area contributed by atoms with E-state index in [1.165, 1.54) is 47.3 Å². The predicted octanol–water partition coefficient (Wildman–Crippen LogP) is 4.83. The second kappa shape index (κ2) is 7.44. The first-order valence-corrected chi connectivity index (χ1v) is 9.82. The summed E-state index contributed by atoms with van der Waals surface area (Å²) in [5.41, 5.74) is 0.254. The molecule has 0 amide bonds. The third-order valence-corrected chi connectivity index (χ3v) is 5.87. The lowest BCUT2D eigenvalue weighted by Gasteiger charge is -2.08. The van der Waals surface area contributed by atoms with E-state index in [4.69, 9.17) is 34.8 Å². The molecular formula is C16H11Cl3FN3O2S.